The first-order chi connectivity index (χ1) is 12.5. The second-order valence-electron chi connectivity index (χ2n) is 6.23. The molecule has 4 rings (SSSR count). The molecule has 2 aliphatic carbocycles. The van der Waals surface area contributed by atoms with E-state index in [4.69, 9.17) is 21.6 Å². The molecule has 0 bridgehead atoms. The number of hydrogen-bond acceptors (Lipinski definition) is 4. The van der Waals surface area contributed by atoms with Crippen LogP contribution >= 0.6 is 0 Å². The van der Waals surface area contributed by atoms with Crippen molar-refractivity contribution >= 4 is 44.8 Å². The first-order valence-corrected chi connectivity index (χ1v) is 8.21. The van der Waals surface area contributed by atoms with Gasteiger partial charge < -0.3 is 0 Å². The molecule has 2 aliphatic rings. The fourth-order valence-corrected chi connectivity index (χ4v) is 3.23. The van der Waals surface area contributed by atoms with Crippen molar-refractivity contribution in [3.63, 3.8) is 0 Å². The lowest BCUT2D eigenvalue weighted by Crippen LogP contribution is -2.10. The monoisotopic (exact) mass is 336 g/mol. The lowest BCUT2D eigenvalue weighted by Gasteiger charge is -2.16. The van der Waals surface area contributed by atoms with Gasteiger partial charge in [0.2, 0.25) is 0 Å². The Labute approximate surface area is 150 Å². The summed E-state index contributed by atoms with van der Waals surface area (Å²) in [5, 5.41) is 33.4. The topological polar surface area (TPSA) is 95.4 Å². The highest BCUT2D eigenvalue weighted by Gasteiger charge is 2.15. The molecule has 4 nitrogen and oxygen atoms in total. The quantitative estimate of drug-likeness (QED) is 0.566. The zero-order valence-electron chi connectivity index (χ0n) is 13.9. The van der Waals surface area contributed by atoms with E-state index in [-0.39, 0.29) is 22.8 Å². The Morgan fingerprint density at radius 3 is 1.27 bits per heavy atom. The molecule has 2 aromatic rings. The molecule has 0 spiro atoms. The van der Waals surface area contributed by atoms with E-state index >= 15 is 0 Å². The first kappa shape index (κ1) is 15.8. The van der Waals surface area contributed by atoms with Crippen LogP contribution in [0.1, 0.15) is 11.1 Å². The van der Waals surface area contributed by atoms with Gasteiger partial charge in [0.25, 0.3) is 0 Å². The van der Waals surface area contributed by atoms with Crippen LogP contribution in [0.3, 0.4) is 0 Å². The van der Waals surface area contributed by atoms with Gasteiger partial charge in [-0.1, -0.05) is 48.6 Å². The van der Waals surface area contributed by atoms with Crippen LogP contribution in [0.2, 0.25) is 0 Å². The zero-order valence-corrected chi connectivity index (χ0v) is 13.9. The van der Waals surface area contributed by atoms with Crippen molar-refractivity contribution in [3.05, 3.63) is 84.0 Å². The van der Waals surface area contributed by atoms with E-state index in [9.17, 15) is 0 Å². The van der Waals surface area contributed by atoms with Crippen LogP contribution in [0.5, 0.6) is 0 Å². The SMILES string of the molecule is N=C1C=CC(c2ccc(C3=CC(=N)C(=N)C=C3)c3ccccc23)=CC1=N. The maximum absolute atomic E-state index is 7.91. The minimum Gasteiger partial charge on any atom is -0.299 e. The van der Waals surface area contributed by atoms with Gasteiger partial charge in [0, 0.05) is 0 Å². The largest absolute Gasteiger partial charge is 0.299 e. The van der Waals surface area contributed by atoms with Crippen LogP contribution in [-0.2, 0) is 0 Å². The summed E-state index contributed by atoms with van der Waals surface area (Å²) in [5.74, 6) is 0. The van der Waals surface area contributed by atoms with Crippen LogP contribution in [-0.4, -0.2) is 22.8 Å². The molecule has 4 N–H and O–H groups in total. The molecule has 26 heavy (non-hydrogen) atoms. The summed E-state index contributed by atoms with van der Waals surface area (Å²) >= 11 is 0. The fraction of sp³-hybridized carbons (Fsp3) is 0. The average molecular weight is 336 g/mol. The molecule has 0 aliphatic heterocycles. The first-order valence-electron chi connectivity index (χ1n) is 8.21. The number of hydrogen-bond donors (Lipinski definition) is 4. The molecule has 0 atom stereocenters. The number of nitrogens with one attached hydrogen (secondary N) is 4. The molecule has 0 unspecified atom stereocenters. The van der Waals surface area contributed by atoms with E-state index in [2.05, 4.69) is 0 Å². The second kappa shape index (κ2) is 6.01. The van der Waals surface area contributed by atoms with Crippen molar-refractivity contribution in [2.75, 3.05) is 0 Å². The van der Waals surface area contributed by atoms with E-state index in [0.29, 0.717) is 0 Å². The van der Waals surface area contributed by atoms with E-state index < -0.39 is 0 Å². The van der Waals surface area contributed by atoms with E-state index in [1.54, 1.807) is 24.3 Å². The molecule has 0 saturated heterocycles. The van der Waals surface area contributed by atoms with Crippen molar-refractivity contribution in [3.8, 4) is 0 Å². The molecule has 0 saturated carbocycles. The van der Waals surface area contributed by atoms with Crippen molar-refractivity contribution in [1.82, 2.24) is 0 Å². The normalized spacial score (nSPS) is 16.9. The standard InChI is InChI=1S/C22H16N4/c23-19-9-5-13(11-21(19)25)15-7-8-16(18-4-2-1-3-17(15)18)14-6-10-20(24)22(26)12-14/h1-12,23-26H. The molecule has 0 aromatic heterocycles. The van der Waals surface area contributed by atoms with Gasteiger partial charge in [0.05, 0.1) is 22.8 Å². The third-order valence-corrected chi connectivity index (χ3v) is 4.59. The second-order valence-corrected chi connectivity index (χ2v) is 6.23. The Bertz CT molecular complexity index is 1050. The van der Waals surface area contributed by atoms with Gasteiger partial charge in [-0.25, -0.2) is 0 Å². The van der Waals surface area contributed by atoms with Crippen molar-refractivity contribution in [2.24, 2.45) is 0 Å². The van der Waals surface area contributed by atoms with Crippen LogP contribution in [0.15, 0.2) is 72.9 Å². The zero-order chi connectivity index (χ0) is 18.3. The Kier molecular flexibility index (Phi) is 3.66. The summed E-state index contributed by atoms with van der Waals surface area (Å²) in [6.07, 6.45) is 10.5. The summed E-state index contributed by atoms with van der Waals surface area (Å²) in [6.45, 7) is 0. The minimum absolute atomic E-state index is 0.209. The minimum atomic E-state index is 0.209. The van der Waals surface area contributed by atoms with Gasteiger partial charge in [0.1, 0.15) is 0 Å². The lowest BCUT2D eigenvalue weighted by atomic mass is 9.88. The molecule has 2 aromatic carbocycles. The summed E-state index contributed by atoms with van der Waals surface area (Å²) < 4.78 is 0. The van der Waals surface area contributed by atoms with Gasteiger partial charge in [-0.05, 0) is 57.3 Å². The molecule has 0 heterocycles. The number of fused-ring (bicyclic) bond motifs is 1. The Morgan fingerprint density at radius 1 is 0.462 bits per heavy atom. The molecule has 0 radical (unpaired) electrons. The maximum Gasteiger partial charge on any atom is 0.0795 e. The Balaban J connectivity index is 1.91. The molecule has 124 valence electrons. The highest BCUT2D eigenvalue weighted by Crippen LogP contribution is 2.33. The van der Waals surface area contributed by atoms with Crippen LogP contribution < -0.4 is 0 Å². The summed E-state index contributed by atoms with van der Waals surface area (Å²) in [4.78, 5) is 0. The predicted molar refractivity (Wildman–Crippen MR) is 109 cm³/mol. The van der Waals surface area contributed by atoms with Gasteiger partial charge in [-0.2, -0.15) is 0 Å². The van der Waals surface area contributed by atoms with Crippen LogP contribution in [0, 0.1) is 21.6 Å². The number of benzene rings is 2. The summed E-state index contributed by atoms with van der Waals surface area (Å²) in [7, 11) is 0. The molecular weight excluding hydrogens is 320 g/mol. The Morgan fingerprint density at radius 2 is 0.885 bits per heavy atom. The maximum atomic E-state index is 7.91. The number of rotatable bonds is 2. The van der Waals surface area contributed by atoms with E-state index in [0.717, 1.165) is 33.0 Å². The van der Waals surface area contributed by atoms with Gasteiger partial charge in [-0.3, -0.25) is 21.6 Å². The molecule has 4 heteroatoms. The third kappa shape index (κ3) is 2.58. The Hall–Kier alpha value is -3.66. The van der Waals surface area contributed by atoms with E-state index in [1.807, 2.05) is 48.6 Å². The van der Waals surface area contributed by atoms with Crippen LogP contribution in [0.25, 0.3) is 21.9 Å². The summed E-state index contributed by atoms with van der Waals surface area (Å²) in [6, 6.07) is 12.1. The predicted octanol–water partition coefficient (Wildman–Crippen LogP) is 4.83. The molecule has 0 fully saturated rings. The fourth-order valence-electron chi connectivity index (χ4n) is 3.23. The third-order valence-electron chi connectivity index (χ3n) is 4.59. The van der Waals surface area contributed by atoms with Gasteiger partial charge >= 0.3 is 0 Å². The van der Waals surface area contributed by atoms with Crippen LogP contribution in [0.4, 0.5) is 0 Å². The van der Waals surface area contributed by atoms with Gasteiger partial charge in [0.15, 0.2) is 0 Å². The lowest BCUT2D eigenvalue weighted by molar-refractivity contribution is 1.49. The molecular formula is C22H16N4. The molecule has 0 amide bonds. The van der Waals surface area contributed by atoms with Crippen molar-refractivity contribution in [1.29, 1.82) is 21.6 Å². The average Bonchev–Trinajstić information content (AvgIpc) is 2.65. The highest BCUT2D eigenvalue weighted by molar-refractivity contribution is 6.51. The smallest absolute Gasteiger partial charge is 0.0795 e. The highest BCUT2D eigenvalue weighted by atomic mass is 14.5. The van der Waals surface area contributed by atoms with Gasteiger partial charge in [-0.15, -0.1) is 0 Å². The summed E-state index contributed by atoms with van der Waals surface area (Å²) in [5.41, 5.74) is 4.71. The van der Waals surface area contributed by atoms with Crippen molar-refractivity contribution < 1.29 is 0 Å². The number of allylic oxidation sites excluding steroid dienone is 8. The van der Waals surface area contributed by atoms with Crippen molar-refractivity contribution in [2.45, 2.75) is 0 Å². The van der Waals surface area contributed by atoms with E-state index in [1.165, 1.54) is 0 Å².